The minimum atomic E-state index is -0.206. The van der Waals surface area contributed by atoms with Crippen molar-refractivity contribution in [3.63, 3.8) is 0 Å². The average Bonchev–Trinajstić information content (AvgIpc) is 3.02. The molecule has 0 radical (unpaired) electrons. The molecule has 1 atom stereocenters. The highest BCUT2D eigenvalue weighted by Gasteiger charge is 2.35. The molecule has 2 aliphatic rings. The van der Waals surface area contributed by atoms with Gasteiger partial charge in [0.05, 0.1) is 42.2 Å². The molecule has 5 N–H and O–H groups in total. The van der Waals surface area contributed by atoms with Gasteiger partial charge in [0, 0.05) is 37.8 Å². The van der Waals surface area contributed by atoms with E-state index in [2.05, 4.69) is 43.0 Å². The number of ether oxygens (including phenoxy) is 1. The number of aromatic nitrogens is 2. The quantitative estimate of drug-likeness (QED) is 0.456. The number of aliphatic imine (C=N–C) groups is 1. The highest BCUT2D eigenvalue weighted by molar-refractivity contribution is 5.82. The highest BCUT2D eigenvalue weighted by Crippen LogP contribution is 2.28. The van der Waals surface area contributed by atoms with E-state index < -0.39 is 0 Å². The zero-order chi connectivity index (χ0) is 25.7. The lowest BCUT2D eigenvalue weighted by atomic mass is 9.96. The number of carbonyl (C=O) groups is 1. The van der Waals surface area contributed by atoms with E-state index in [0.29, 0.717) is 31.3 Å². The number of nitrogens with two attached hydrogens (primary N) is 1. The van der Waals surface area contributed by atoms with Crippen molar-refractivity contribution in [2.45, 2.75) is 44.9 Å². The van der Waals surface area contributed by atoms with Crippen LogP contribution >= 0.6 is 0 Å². The van der Waals surface area contributed by atoms with Gasteiger partial charge in [0.15, 0.2) is 0 Å². The van der Waals surface area contributed by atoms with Crippen LogP contribution < -0.4 is 21.7 Å². The van der Waals surface area contributed by atoms with Gasteiger partial charge >= 0.3 is 6.03 Å². The number of amides is 2. The van der Waals surface area contributed by atoms with E-state index in [1.807, 2.05) is 32.9 Å². The van der Waals surface area contributed by atoms with Crippen LogP contribution in [0.2, 0.25) is 0 Å². The van der Waals surface area contributed by atoms with Gasteiger partial charge in [-0.05, 0) is 57.0 Å². The summed E-state index contributed by atoms with van der Waals surface area (Å²) in [5.74, 6) is 0.439. The Bertz CT molecular complexity index is 1140. The fraction of sp³-hybridized carbons (Fsp3) is 0.462. The monoisotopic (exact) mass is 492 g/mol. The van der Waals surface area contributed by atoms with Gasteiger partial charge in [0.1, 0.15) is 0 Å². The number of urea groups is 1. The second-order valence-electron chi connectivity index (χ2n) is 10.0. The molecule has 1 aromatic heterocycles. The average molecular weight is 493 g/mol. The van der Waals surface area contributed by atoms with Crippen LogP contribution in [0.1, 0.15) is 37.9 Å². The number of nitrogens with one attached hydrogen (secondary N) is 3. The number of benzene rings is 1. The molecule has 36 heavy (non-hydrogen) atoms. The number of hydrogen-bond donors (Lipinski definition) is 4. The van der Waals surface area contributed by atoms with E-state index >= 15 is 0 Å². The maximum Gasteiger partial charge on any atom is 0.318 e. The molecule has 1 saturated heterocycles. The molecule has 2 amide bonds. The first-order valence-corrected chi connectivity index (χ1v) is 12.3. The molecule has 0 spiro atoms. The van der Waals surface area contributed by atoms with Crippen molar-refractivity contribution >= 4 is 18.2 Å². The van der Waals surface area contributed by atoms with Crippen molar-refractivity contribution in [1.82, 2.24) is 25.5 Å². The van der Waals surface area contributed by atoms with Crippen LogP contribution in [0, 0.1) is 0 Å². The number of nitrogens with zero attached hydrogens (tertiary/aromatic N) is 4. The number of hydrogen-bond acceptors (Lipinski definition) is 8. The predicted molar refractivity (Wildman–Crippen MR) is 142 cm³/mol. The van der Waals surface area contributed by atoms with Crippen LogP contribution in [0.15, 0.2) is 47.4 Å². The minimum absolute atomic E-state index is 0.0571. The Kier molecular flexibility index (Phi) is 7.85. The third-order valence-corrected chi connectivity index (χ3v) is 6.05. The summed E-state index contributed by atoms with van der Waals surface area (Å²) in [5, 5.41) is 9.73. The Balaban J connectivity index is 1.46. The van der Waals surface area contributed by atoms with Gasteiger partial charge in [0.2, 0.25) is 5.95 Å². The summed E-state index contributed by atoms with van der Waals surface area (Å²) in [5.41, 5.74) is 10.1. The van der Waals surface area contributed by atoms with Gasteiger partial charge in [-0.3, -0.25) is 4.99 Å². The van der Waals surface area contributed by atoms with Crippen LogP contribution in [0.3, 0.4) is 0 Å². The second-order valence-corrected chi connectivity index (χ2v) is 10.0. The number of fused-ring (bicyclic) bond motifs is 1. The van der Waals surface area contributed by atoms with E-state index in [-0.39, 0.29) is 23.8 Å². The molecule has 3 heterocycles. The summed E-state index contributed by atoms with van der Waals surface area (Å²) in [6.45, 7) is 8.86. The Hall–Kier alpha value is -3.50. The van der Waals surface area contributed by atoms with Gasteiger partial charge < -0.3 is 31.3 Å². The summed E-state index contributed by atoms with van der Waals surface area (Å²) >= 11 is 0. The van der Waals surface area contributed by atoms with Gasteiger partial charge in [-0.2, -0.15) is 0 Å². The van der Waals surface area contributed by atoms with Crippen molar-refractivity contribution < 1.29 is 9.53 Å². The first kappa shape index (κ1) is 25.6. The van der Waals surface area contributed by atoms with Crippen LogP contribution in [0.25, 0.3) is 11.3 Å². The second kappa shape index (κ2) is 11.0. The molecule has 2 aromatic rings. The number of rotatable bonds is 6. The van der Waals surface area contributed by atoms with Crippen LogP contribution in [-0.2, 0) is 11.2 Å². The zero-order valence-corrected chi connectivity index (χ0v) is 21.4. The molecule has 0 aliphatic carbocycles. The molecule has 1 aromatic carbocycles. The predicted octanol–water partition coefficient (Wildman–Crippen LogP) is 2.45. The van der Waals surface area contributed by atoms with Crippen molar-refractivity contribution in [1.29, 1.82) is 0 Å². The van der Waals surface area contributed by atoms with E-state index in [0.717, 1.165) is 29.8 Å². The Labute approximate surface area is 212 Å². The van der Waals surface area contributed by atoms with Crippen molar-refractivity contribution in [2.75, 3.05) is 38.5 Å². The molecule has 10 heteroatoms. The molecule has 192 valence electrons. The molecule has 0 saturated carbocycles. The Morgan fingerprint density at radius 3 is 2.83 bits per heavy atom. The lowest BCUT2D eigenvalue weighted by Crippen LogP contribution is -2.59. The lowest BCUT2D eigenvalue weighted by Gasteiger charge is -2.42. The third-order valence-electron chi connectivity index (χ3n) is 6.05. The standard InChI is InChI=1S/C26H36N8O2/c1-26(2,3)36-20-15-34(16-20)25(35)33-23-14-29-9-7-17-11-18(5-6-21(17)23)22-8-10-30-24(32-22)31-19(12-27)13-28-4/h5-6,8,10-13,20,23,29H,7,9,14-16,27H2,1-4H3,(H,33,35)(H,30,31,32). The van der Waals surface area contributed by atoms with Gasteiger partial charge in [-0.1, -0.05) is 12.1 Å². The molecule has 2 aliphatic heterocycles. The number of allylic oxidation sites excluding steroid dienone is 1. The van der Waals surface area contributed by atoms with E-state index in [4.69, 9.17) is 10.5 Å². The summed E-state index contributed by atoms with van der Waals surface area (Å²) in [4.78, 5) is 27.6. The smallest absolute Gasteiger partial charge is 0.318 e. The Morgan fingerprint density at radius 1 is 1.31 bits per heavy atom. The maximum absolute atomic E-state index is 12.9. The van der Waals surface area contributed by atoms with Crippen LogP contribution in [0.4, 0.5) is 10.7 Å². The highest BCUT2D eigenvalue weighted by atomic mass is 16.5. The molecule has 0 bridgehead atoms. The summed E-state index contributed by atoms with van der Waals surface area (Å²) in [7, 11) is 1.67. The SMILES string of the molecule is CN=CC(=CN)Nc1nccc(-c2ccc3c(c2)CCNCC3NC(=O)N2CC(OC(C)(C)C)C2)n1. The van der Waals surface area contributed by atoms with Crippen molar-refractivity contribution in [2.24, 2.45) is 10.7 Å². The van der Waals surface area contributed by atoms with Crippen LogP contribution in [0.5, 0.6) is 0 Å². The molecule has 1 unspecified atom stereocenters. The minimum Gasteiger partial charge on any atom is -0.403 e. The lowest BCUT2D eigenvalue weighted by molar-refractivity contribution is -0.111. The molecular weight excluding hydrogens is 456 g/mol. The fourth-order valence-corrected chi connectivity index (χ4v) is 4.41. The van der Waals surface area contributed by atoms with Crippen molar-refractivity contribution in [3.8, 4) is 11.3 Å². The van der Waals surface area contributed by atoms with E-state index in [1.165, 1.54) is 11.8 Å². The largest absolute Gasteiger partial charge is 0.403 e. The number of carbonyl (C=O) groups excluding carboxylic acids is 1. The first-order chi connectivity index (χ1) is 17.3. The first-order valence-electron chi connectivity index (χ1n) is 12.3. The maximum atomic E-state index is 12.9. The van der Waals surface area contributed by atoms with Crippen LogP contribution in [-0.4, -0.2) is 72.0 Å². The summed E-state index contributed by atoms with van der Waals surface area (Å²) < 4.78 is 5.96. The van der Waals surface area contributed by atoms with Gasteiger partial charge in [-0.25, -0.2) is 14.8 Å². The third kappa shape index (κ3) is 6.38. The molecule has 10 nitrogen and oxygen atoms in total. The summed E-state index contributed by atoms with van der Waals surface area (Å²) in [6, 6.07) is 7.99. The van der Waals surface area contributed by atoms with Gasteiger partial charge in [0.25, 0.3) is 0 Å². The van der Waals surface area contributed by atoms with Crippen molar-refractivity contribution in [3.05, 3.63) is 53.5 Å². The van der Waals surface area contributed by atoms with Gasteiger partial charge in [-0.15, -0.1) is 0 Å². The normalized spacial score (nSPS) is 18.9. The number of anilines is 1. The van der Waals surface area contributed by atoms with E-state index in [1.54, 1.807) is 24.4 Å². The molecule has 1 fully saturated rings. The number of likely N-dealkylation sites (tertiary alicyclic amines) is 1. The summed E-state index contributed by atoms with van der Waals surface area (Å²) in [6.07, 6.45) is 5.70. The van der Waals surface area contributed by atoms with E-state index in [9.17, 15) is 4.79 Å². The fourth-order valence-electron chi connectivity index (χ4n) is 4.41. The molecule has 4 rings (SSSR count). The Morgan fingerprint density at radius 2 is 2.11 bits per heavy atom. The topological polar surface area (TPSA) is 130 Å². The molecular formula is C26H36N8O2. The zero-order valence-electron chi connectivity index (χ0n) is 21.4.